The van der Waals surface area contributed by atoms with Crippen LogP contribution in [0.3, 0.4) is 0 Å². The molecule has 3 N–H and O–H groups in total. The minimum absolute atomic E-state index is 0.350. The van der Waals surface area contributed by atoms with Gasteiger partial charge in [0.2, 0.25) is 0 Å². The van der Waals surface area contributed by atoms with Gasteiger partial charge in [-0.1, -0.05) is 0 Å². The highest BCUT2D eigenvalue weighted by molar-refractivity contribution is 7.08. The van der Waals surface area contributed by atoms with Gasteiger partial charge in [0.05, 0.1) is 5.92 Å². The lowest BCUT2D eigenvalue weighted by molar-refractivity contribution is -0.139. The second-order valence-electron chi connectivity index (χ2n) is 2.73. The lowest BCUT2D eigenvalue weighted by atomic mass is 9.96. The Morgan fingerprint density at radius 2 is 2.42 bits per heavy atom. The summed E-state index contributed by atoms with van der Waals surface area (Å²) in [5.41, 5.74) is 6.35. The van der Waals surface area contributed by atoms with E-state index in [1.165, 1.54) is 11.3 Å². The van der Waals surface area contributed by atoms with Crippen LogP contribution in [0.2, 0.25) is 0 Å². The average Bonchev–Trinajstić information content (AvgIpc) is 2.37. The summed E-state index contributed by atoms with van der Waals surface area (Å²) >= 11 is 1.48. The number of carboxylic acids is 1. The van der Waals surface area contributed by atoms with E-state index >= 15 is 0 Å². The number of hydrogen-bond acceptors (Lipinski definition) is 3. The molecule has 66 valence electrons. The Bertz CT molecular complexity index is 256. The molecule has 0 bridgehead atoms. The van der Waals surface area contributed by atoms with Crippen LogP contribution in [0.1, 0.15) is 18.4 Å². The molecule has 0 radical (unpaired) electrons. The second kappa shape index (κ2) is 3.69. The lowest BCUT2D eigenvalue weighted by Gasteiger charge is -2.14. The first kappa shape index (κ1) is 9.22. The molecule has 2 unspecified atom stereocenters. The van der Waals surface area contributed by atoms with Gasteiger partial charge < -0.3 is 10.8 Å². The Hall–Kier alpha value is -0.870. The summed E-state index contributed by atoms with van der Waals surface area (Å²) in [5.74, 6) is -1.43. The van der Waals surface area contributed by atoms with E-state index in [-0.39, 0.29) is 6.04 Å². The molecule has 1 aromatic rings. The average molecular weight is 185 g/mol. The Morgan fingerprint density at radius 1 is 1.75 bits per heavy atom. The largest absolute Gasteiger partial charge is 0.481 e. The highest BCUT2D eigenvalue weighted by Gasteiger charge is 2.23. The van der Waals surface area contributed by atoms with Crippen LogP contribution in [-0.2, 0) is 4.79 Å². The van der Waals surface area contributed by atoms with E-state index in [1.54, 1.807) is 13.0 Å². The number of nitrogens with two attached hydrogens (primary N) is 1. The Morgan fingerprint density at radius 3 is 2.75 bits per heavy atom. The molecule has 1 aromatic heterocycles. The summed E-state index contributed by atoms with van der Waals surface area (Å²) in [6, 6.07) is 1.45. The van der Waals surface area contributed by atoms with Crippen LogP contribution < -0.4 is 5.73 Å². The molecule has 0 saturated heterocycles. The Kier molecular flexibility index (Phi) is 2.83. The van der Waals surface area contributed by atoms with E-state index < -0.39 is 11.9 Å². The normalized spacial score (nSPS) is 15.5. The maximum Gasteiger partial charge on any atom is 0.312 e. The van der Waals surface area contributed by atoms with Gasteiger partial charge in [-0.25, -0.2) is 0 Å². The summed E-state index contributed by atoms with van der Waals surface area (Å²) in [6.45, 7) is 1.70. The van der Waals surface area contributed by atoms with Gasteiger partial charge in [-0.05, 0) is 29.3 Å². The second-order valence-corrected chi connectivity index (χ2v) is 3.51. The quantitative estimate of drug-likeness (QED) is 0.745. The van der Waals surface area contributed by atoms with Gasteiger partial charge >= 0.3 is 5.97 Å². The summed E-state index contributed by atoms with van der Waals surface area (Å²) < 4.78 is 0. The summed E-state index contributed by atoms with van der Waals surface area (Å²) in [7, 11) is 0. The van der Waals surface area contributed by atoms with Crippen molar-refractivity contribution in [3.8, 4) is 0 Å². The van der Waals surface area contributed by atoms with Crippen LogP contribution >= 0.6 is 11.3 Å². The highest BCUT2D eigenvalue weighted by atomic mass is 32.1. The van der Waals surface area contributed by atoms with Gasteiger partial charge in [-0.15, -0.1) is 0 Å². The first-order chi connectivity index (χ1) is 5.63. The molecule has 0 aliphatic heterocycles. The van der Waals surface area contributed by atoms with Gasteiger partial charge in [0, 0.05) is 6.04 Å². The molecule has 0 amide bonds. The third kappa shape index (κ3) is 1.84. The molecule has 1 heterocycles. The number of rotatable bonds is 3. The highest BCUT2D eigenvalue weighted by Crippen LogP contribution is 2.21. The smallest absolute Gasteiger partial charge is 0.312 e. The van der Waals surface area contributed by atoms with Crippen molar-refractivity contribution in [3.05, 3.63) is 22.4 Å². The van der Waals surface area contributed by atoms with Gasteiger partial charge in [-0.3, -0.25) is 4.79 Å². The van der Waals surface area contributed by atoms with E-state index in [0.29, 0.717) is 0 Å². The van der Waals surface area contributed by atoms with Crippen LogP contribution in [-0.4, -0.2) is 17.1 Å². The SMILES string of the molecule is CC(N)C(C(=O)O)c1ccsc1. The van der Waals surface area contributed by atoms with Crippen molar-refractivity contribution >= 4 is 17.3 Å². The third-order valence-electron chi connectivity index (χ3n) is 1.69. The standard InChI is InChI=1S/C8H11NO2S/c1-5(9)7(8(10)11)6-2-3-12-4-6/h2-5,7H,9H2,1H3,(H,10,11). The molecule has 0 saturated carbocycles. The molecule has 0 aliphatic carbocycles. The van der Waals surface area contributed by atoms with Crippen molar-refractivity contribution in [2.24, 2.45) is 5.73 Å². The van der Waals surface area contributed by atoms with Crippen LogP contribution in [0.5, 0.6) is 0 Å². The third-order valence-corrected chi connectivity index (χ3v) is 2.40. The van der Waals surface area contributed by atoms with Crippen molar-refractivity contribution < 1.29 is 9.90 Å². The topological polar surface area (TPSA) is 63.3 Å². The number of carboxylic acid groups (broad SMARTS) is 1. The van der Waals surface area contributed by atoms with Crippen molar-refractivity contribution in [1.82, 2.24) is 0 Å². The summed E-state index contributed by atoms with van der Waals surface area (Å²) in [6.07, 6.45) is 0. The minimum atomic E-state index is -0.858. The fourth-order valence-corrected chi connectivity index (χ4v) is 1.82. The molecular weight excluding hydrogens is 174 g/mol. The minimum Gasteiger partial charge on any atom is -0.481 e. The monoisotopic (exact) mass is 185 g/mol. The zero-order chi connectivity index (χ0) is 9.14. The van der Waals surface area contributed by atoms with E-state index in [9.17, 15) is 4.79 Å². The molecule has 3 nitrogen and oxygen atoms in total. The van der Waals surface area contributed by atoms with E-state index in [4.69, 9.17) is 10.8 Å². The van der Waals surface area contributed by atoms with E-state index in [2.05, 4.69) is 0 Å². The summed E-state index contributed by atoms with van der Waals surface area (Å²) in [4.78, 5) is 10.8. The molecule has 0 spiro atoms. The number of carbonyl (C=O) groups is 1. The zero-order valence-corrected chi connectivity index (χ0v) is 7.54. The first-order valence-electron chi connectivity index (χ1n) is 3.63. The fourth-order valence-electron chi connectivity index (χ4n) is 1.12. The van der Waals surface area contributed by atoms with Crippen LogP contribution in [0.4, 0.5) is 0 Å². The number of hydrogen-bond donors (Lipinski definition) is 2. The maximum atomic E-state index is 10.8. The molecule has 1 rings (SSSR count). The predicted molar refractivity (Wildman–Crippen MR) is 48.3 cm³/mol. The number of thiophene rings is 1. The van der Waals surface area contributed by atoms with Crippen LogP contribution in [0.15, 0.2) is 16.8 Å². The molecule has 0 aromatic carbocycles. The van der Waals surface area contributed by atoms with Crippen molar-refractivity contribution in [2.45, 2.75) is 18.9 Å². The summed E-state index contributed by atoms with van der Waals surface area (Å²) in [5, 5.41) is 12.5. The molecular formula is C8H11NO2S. The van der Waals surface area contributed by atoms with Crippen molar-refractivity contribution in [3.63, 3.8) is 0 Å². The molecule has 12 heavy (non-hydrogen) atoms. The van der Waals surface area contributed by atoms with Gasteiger partial charge in [-0.2, -0.15) is 11.3 Å². The lowest BCUT2D eigenvalue weighted by Crippen LogP contribution is -2.30. The molecule has 4 heteroatoms. The Balaban J connectivity index is 2.88. The molecule has 0 aliphatic rings. The van der Waals surface area contributed by atoms with E-state index in [1.807, 2.05) is 10.8 Å². The number of aliphatic carboxylic acids is 1. The fraction of sp³-hybridized carbons (Fsp3) is 0.375. The van der Waals surface area contributed by atoms with Crippen molar-refractivity contribution in [2.75, 3.05) is 0 Å². The maximum absolute atomic E-state index is 10.8. The van der Waals surface area contributed by atoms with Crippen molar-refractivity contribution in [1.29, 1.82) is 0 Å². The van der Waals surface area contributed by atoms with E-state index in [0.717, 1.165) is 5.56 Å². The molecule has 2 atom stereocenters. The van der Waals surface area contributed by atoms with Gasteiger partial charge in [0.15, 0.2) is 0 Å². The van der Waals surface area contributed by atoms with Gasteiger partial charge in [0.1, 0.15) is 0 Å². The molecule has 0 fully saturated rings. The van der Waals surface area contributed by atoms with Crippen LogP contribution in [0.25, 0.3) is 0 Å². The first-order valence-corrected chi connectivity index (χ1v) is 4.57. The predicted octanol–water partition coefficient (Wildman–Crippen LogP) is 1.26. The van der Waals surface area contributed by atoms with Gasteiger partial charge in [0.25, 0.3) is 0 Å². The Labute approximate surface area is 74.8 Å². The zero-order valence-electron chi connectivity index (χ0n) is 6.73. The van der Waals surface area contributed by atoms with Crippen LogP contribution in [0, 0.1) is 0 Å².